The van der Waals surface area contributed by atoms with Gasteiger partial charge in [0.15, 0.2) is 11.5 Å². The molecular weight excluding hydrogens is 408 g/mol. The van der Waals surface area contributed by atoms with E-state index >= 15 is 0 Å². The fourth-order valence-electron chi connectivity index (χ4n) is 3.01. The molecule has 8 heteroatoms. The van der Waals surface area contributed by atoms with Crippen LogP contribution in [0.3, 0.4) is 0 Å². The van der Waals surface area contributed by atoms with E-state index in [4.69, 9.17) is 4.74 Å². The van der Waals surface area contributed by atoms with Gasteiger partial charge in [-0.15, -0.1) is 0 Å². The van der Waals surface area contributed by atoms with E-state index < -0.39 is 4.92 Å². The van der Waals surface area contributed by atoms with Crippen molar-refractivity contribution < 1.29 is 14.5 Å². The zero-order valence-corrected chi connectivity index (χ0v) is 18.1. The summed E-state index contributed by atoms with van der Waals surface area (Å²) in [5, 5.41) is 12.2. The van der Waals surface area contributed by atoms with E-state index in [1.165, 1.54) is 12.2 Å². The molecule has 1 heterocycles. The number of carbonyl (C=O) groups is 1. The standard InChI is InChI=1S/C21H22N2O4S2/c1-4-27-18(21-22(3)17-8-6-7-9-19(17)29-21)12-14-10-16(23(25)26)11-15(20(14)24)13-28-5-2/h6-12H,4-5,13H2,1-3H3/b14-12+,21-18+. The second-order valence-corrected chi connectivity index (χ2v) is 8.60. The molecule has 6 nitrogen and oxygen atoms in total. The first kappa shape index (κ1) is 21.3. The molecule has 0 N–H and O–H groups in total. The highest BCUT2D eigenvalue weighted by Gasteiger charge is 2.28. The van der Waals surface area contributed by atoms with Gasteiger partial charge in [-0.05, 0) is 30.9 Å². The van der Waals surface area contributed by atoms with E-state index in [-0.39, 0.29) is 17.1 Å². The number of ether oxygens (including phenoxy) is 1. The van der Waals surface area contributed by atoms with Gasteiger partial charge in [0, 0.05) is 41.0 Å². The zero-order chi connectivity index (χ0) is 21.0. The minimum atomic E-state index is -0.462. The molecule has 0 fully saturated rings. The van der Waals surface area contributed by atoms with E-state index in [2.05, 4.69) is 0 Å². The monoisotopic (exact) mass is 430 g/mol. The molecule has 1 aromatic rings. The van der Waals surface area contributed by atoms with Crippen molar-refractivity contribution in [3.05, 3.63) is 80.2 Å². The van der Waals surface area contributed by atoms with Crippen LogP contribution in [0.15, 0.2) is 75.0 Å². The van der Waals surface area contributed by atoms with Crippen molar-refractivity contribution in [2.24, 2.45) is 0 Å². The number of fused-ring (bicyclic) bond motifs is 1. The summed E-state index contributed by atoms with van der Waals surface area (Å²) in [5.41, 5.74) is 1.68. The lowest BCUT2D eigenvalue weighted by Crippen LogP contribution is -2.16. The smallest absolute Gasteiger partial charge is 0.270 e. The zero-order valence-electron chi connectivity index (χ0n) is 16.5. The quantitative estimate of drug-likeness (QED) is 0.267. The number of anilines is 1. The Hall–Kier alpha value is -2.45. The summed E-state index contributed by atoms with van der Waals surface area (Å²) in [6, 6.07) is 7.99. The van der Waals surface area contributed by atoms with Gasteiger partial charge in [-0.1, -0.05) is 30.8 Å². The molecule has 1 aromatic carbocycles. The minimum absolute atomic E-state index is 0.0842. The Bertz CT molecular complexity index is 963. The number of carbonyl (C=O) groups excluding carboxylic acids is 1. The Morgan fingerprint density at radius 2 is 2.07 bits per heavy atom. The molecule has 0 saturated heterocycles. The largest absolute Gasteiger partial charge is 0.491 e. The van der Waals surface area contributed by atoms with Crippen LogP contribution >= 0.6 is 23.5 Å². The maximum Gasteiger partial charge on any atom is 0.270 e. The summed E-state index contributed by atoms with van der Waals surface area (Å²) >= 11 is 3.11. The molecule has 1 aliphatic carbocycles. The molecule has 0 atom stereocenters. The number of para-hydroxylation sites is 1. The number of ketones is 1. The Morgan fingerprint density at radius 3 is 2.72 bits per heavy atom. The second-order valence-electron chi connectivity index (χ2n) is 6.29. The van der Waals surface area contributed by atoms with Gasteiger partial charge in [-0.3, -0.25) is 14.9 Å². The maximum absolute atomic E-state index is 12.9. The summed E-state index contributed by atoms with van der Waals surface area (Å²) in [6.07, 6.45) is 4.33. The van der Waals surface area contributed by atoms with Gasteiger partial charge in [0.25, 0.3) is 5.70 Å². The van der Waals surface area contributed by atoms with E-state index in [1.54, 1.807) is 29.6 Å². The van der Waals surface area contributed by atoms with Gasteiger partial charge in [-0.25, -0.2) is 0 Å². The third-order valence-corrected chi connectivity index (χ3v) is 6.54. The molecule has 2 aliphatic rings. The predicted molar refractivity (Wildman–Crippen MR) is 119 cm³/mol. The first-order valence-corrected chi connectivity index (χ1v) is 11.2. The van der Waals surface area contributed by atoms with Crippen molar-refractivity contribution in [1.82, 2.24) is 0 Å². The van der Waals surface area contributed by atoms with E-state index in [0.717, 1.165) is 21.4 Å². The molecule has 29 heavy (non-hydrogen) atoms. The SMILES string of the molecule is CCOC(/C=C1\C=C([N+](=O)[O-])C=C(CSCC)C1=O)=C1/Sc2ccccc2N1C. The molecule has 0 aromatic heterocycles. The minimum Gasteiger partial charge on any atom is -0.491 e. The van der Waals surface area contributed by atoms with Crippen LogP contribution in [-0.2, 0) is 9.53 Å². The number of Topliss-reactive ketones (excluding diaryl/α,β-unsaturated/α-hetero) is 1. The van der Waals surface area contributed by atoms with Crippen molar-refractivity contribution in [1.29, 1.82) is 0 Å². The lowest BCUT2D eigenvalue weighted by molar-refractivity contribution is -0.419. The first-order valence-electron chi connectivity index (χ1n) is 9.24. The molecule has 0 unspecified atom stereocenters. The average Bonchev–Trinajstić information content (AvgIpc) is 3.04. The van der Waals surface area contributed by atoms with Crippen LogP contribution in [0, 0.1) is 10.1 Å². The van der Waals surface area contributed by atoms with Crippen molar-refractivity contribution in [3.63, 3.8) is 0 Å². The number of hydrogen-bond donors (Lipinski definition) is 0. The molecule has 0 saturated carbocycles. The van der Waals surface area contributed by atoms with Crippen LogP contribution in [0.4, 0.5) is 5.69 Å². The van der Waals surface area contributed by atoms with E-state index in [0.29, 0.717) is 23.7 Å². The van der Waals surface area contributed by atoms with Crippen LogP contribution in [0.25, 0.3) is 0 Å². The summed E-state index contributed by atoms with van der Waals surface area (Å²) in [6.45, 7) is 4.28. The fourth-order valence-corrected chi connectivity index (χ4v) is 4.76. The van der Waals surface area contributed by atoms with Crippen LogP contribution in [-0.4, -0.2) is 35.9 Å². The molecule has 0 bridgehead atoms. The van der Waals surface area contributed by atoms with Crippen molar-refractivity contribution >= 4 is 35.0 Å². The average molecular weight is 431 g/mol. The highest BCUT2D eigenvalue weighted by molar-refractivity contribution is 8.03. The summed E-state index contributed by atoms with van der Waals surface area (Å²) in [7, 11) is 1.94. The fraction of sp³-hybridized carbons (Fsp3) is 0.286. The number of nitrogens with zero attached hydrogens (tertiary/aromatic N) is 2. The Balaban J connectivity index is 2.04. The summed E-state index contributed by atoms with van der Waals surface area (Å²) < 4.78 is 5.86. The third kappa shape index (κ3) is 4.59. The lowest BCUT2D eigenvalue weighted by atomic mass is 9.97. The Kier molecular flexibility index (Phi) is 6.87. The Labute approximate surface area is 178 Å². The van der Waals surface area contributed by atoms with Crippen molar-refractivity contribution in [2.75, 3.05) is 30.1 Å². The number of nitro groups is 1. The van der Waals surface area contributed by atoms with Gasteiger partial charge in [0.05, 0.1) is 17.2 Å². The molecule has 3 rings (SSSR count). The number of benzene rings is 1. The predicted octanol–water partition coefficient (Wildman–Crippen LogP) is 4.78. The number of thioether (sulfide) groups is 2. The summed E-state index contributed by atoms with van der Waals surface area (Å²) in [4.78, 5) is 27.0. The van der Waals surface area contributed by atoms with E-state index in [9.17, 15) is 14.9 Å². The molecule has 0 spiro atoms. The normalized spacial score (nSPS) is 19.1. The first-order chi connectivity index (χ1) is 14.0. The van der Waals surface area contributed by atoms with Gasteiger partial charge < -0.3 is 9.64 Å². The number of rotatable bonds is 7. The lowest BCUT2D eigenvalue weighted by Gasteiger charge is -2.18. The summed E-state index contributed by atoms with van der Waals surface area (Å²) in [5.74, 6) is 1.61. The maximum atomic E-state index is 12.9. The number of hydrogen-bond acceptors (Lipinski definition) is 7. The molecular formula is C21H22N2O4S2. The third-order valence-electron chi connectivity index (χ3n) is 4.39. The topological polar surface area (TPSA) is 72.7 Å². The molecule has 0 radical (unpaired) electrons. The second kappa shape index (κ2) is 9.37. The highest BCUT2D eigenvalue weighted by atomic mass is 32.2. The van der Waals surface area contributed by atoms with Crippen LogP contribution in [0.5, 0.6) is 0 Å². The van der Waals surface area contributed by atoms with Gasteiger partial charge in [0.1, 0.15) is 5.03 Å². The van der Waals surface area contributed by atoms with Crippen LogP contribution < -0.4 is 4.90 Å². The van der Waals surface area contributed by atoms with E-state index in [1.807, 2.05) is 50.1 Å². The van der Waals surface area contributed by atoms with Crippen LogP contribution in [0.1, 0.15) is 13.8 Å². The van der Waals surface area contributed by atoms with Crippen LogP contribution in [0.2, 0.25) is 0 Å². The van der Waals surface area contributed by atoms with Crippen molar-refractivity contribution in [2.45, 2.75) is 18.7 Å². The Morgan fingerprint density at radius 1 is 1.31 bits per heavy atom. The molecule has 0 amide bonds. The van der Waals surface area contributed by atoms with Gasteiger partial charge >= 0.3 is 0 Å². The van der Waals surface area contributed by atoms with Crippen molar-refractivity contribution in [3.8, 4) is 0 Å². The number of allylic oxidation sites excluding steroid dienone is 4. The van der Waals surface area contributed by atoms with Gasteiger partial charge in [-0.2, -0.15) is 11.8 Å². The molecule has 152 valence electrons. The van der Waals surface area contributed by atoms with Gasteiger partial charge in [0.2, 0.25) is 0 Å². The molecule has 1 aliphatic heterocycles. The highest BCUT2D eigenvalue weighted by Crippen LogP contribution is 2.46.